The molecule has 1 aromatic rings. The first-order valence-corrected chi connectivity index (χ1v) is 5.07. The monoisotopic (exact) mass is 243 g/mol. The maximum atomic E-state index is 10.5. The Morgan fingerprint density at radius 1 is 1.54 bits per heavy atom. The number of nitro benzene ring substituents is 1. The number of halogens is 1. The summed E-state index contributed by atoms with van der Waals surface area (Å²) in [6.45, 7) is 1.96. The first kappa shape index (κ1) is 10.2. The Hall–Kier alpha value is -0.900. The van der Waals surface area contributed by atoms with Crippen molar-refractivity contribution in [3.8, 4) is 0 Å². The number of hydrogen-bond acceptors (Lipinski definition) is 2. The third-order valence-corrected chi connectivity index (χ3v) is 2.30. The number of benzene rings is 1. The molecule has 70 valence electrons. The van der Waals surface area contributed by atoms with Gasteiger partial charge in [0, 0.05) is 17.5 Å². The van der Waals surface area contributed by atoms with Crippen molar-refractivity contribution in [2.45, 2.75) is 13.3 Å². The molecule has 0 saturated carbocycles. The molecular formula is C9H10BrNO2. The predicted molar refractivity (Wildman–Crippen MR) is 55.3 cm³/mol. The molecule has 0 unspecified atom stereocenters. The van der Waals surface area contributed by atoms with Gasteiger partial charge >= 0.3 is 0 Å². The van der Waals surface area contributed by atoms with Gasteiger partial charge in [-0.05, 0) is 24.5 Å². The predicted octanol–water partition coefficient (Wildman–Crippen LogP) is 2.84. The standard InChI is InChI=1S/C9H10BrNO2/c1-7-2-3-9(11(12)13)6-8(7)4-5-10/h2-3,6H,4-5H2,1H3. The SMILES string of the molecule is Cc1ccc([N+](=O)[O-])cc1CCBr. The fourth-order valence-corrected chi connectivity index (χ4v) is 1.57. The lowest BCUT2D eigenvalue weighted by molar-refractivity contribution is -0.384. The van der Waals surface area contributed by atoms with Crippen LogP contribution in [0.2, 0.25) is 0 Å². The number of nitro groups is 1. The Kier molecular flexibility index (Phi) is 3.42. The minimum Gasteiger partial charge on any atom is -0.258 e. The van der Waals surface area contributed by atoms with E-state index in [9.17, 15) is 10.1 Å². The number of alkyl halides is 1. The summed E-state index contributed by atoms with van der Waals surface area (Å²) in [6.07, 6.45) is 0.827. The van der Waals surface area contributed by atoms with Crippen molar-refractivity contribution in [1.82, 2.24) is 0 Å². The second kappa shape index (κ2) is 4.37. The molecule has 0 aliphatic carbocycles. The van der Waals surface area contributed by atoms with Gasteiger partial charge < -0.3 is 0 Å². The van der Waals surface area contributed by atoms with Crippen molar-refractivity contribution in [3.63, 3.8) is 0 Å². The van der Waals surface area contributed by atoms with Gasteiger partial charge in [-0.2, -0.15) is 0 Å². The maximum Gasteiger partial charge on any atom is 0.269 e. The molecule has 0 N–H and O–H groups in total. The van der Waals surface area contributed by atoms with E-state index >= 15 is 0 Å². The van der Waals surface area contributed by atoms with Crippen LogP contribution in [0.15, 0.2) is 18.2 Å². The Morgan fingerprint density at radius 2 is 2.23 bits per heavy atom. The molecule has 4 heteroatoms. The smallest absolute Gasteiger partial charge is 0.258 e. The van der Waals surface area contributed by atoms with Gasteiger partial charge in [-0.15, -0.1) is 0 Å². The van der Waals surface area contributed by atoms with E-state index in [-0.39, 0.29) is 10.6 Å². The van der Waals surface area contributed by atoms with Crippen LogP contribution in [0.25, 0.3) is 0 Å². The topological polar surface area (TPSA) is 43.1 Å². The molecule has 0 bridgehead atoms. The summed E-state index contributed by atoms with van der Waals surface area (Å²) in [5.74, 6) is 0. The molecule has 1 rings (SSSR count). The van der Waals surface area contributed by atoms with Crippen LogP contribution in [0.4, 0.5) is 5.69 Å². The molecule has 0 aliphatic rings. The fraction of sp³-hybridized carbons (Fsp3) is 0.333. The van der Waals surface area contributed by atoms with Crippen molar-refractivity contribution in [2.24, 2.45) is 0 Å². The van der Waals surface area contributed by atoms with E-state index in [2.05, 4.69) is 15.9 Å². The normalized spacial score (nSPS) is 10.0. The molecule has 3 nitrogen and oxygen atoms in total. The van der Waals surface area contributed by atoms with E-state index in [0.29, 0.717) is 0 Å². The summed E-state index contributed by atoms with van der Waals surface area (Å²) < 4.78 is 0. The lowest BCUT2D eigenvalue weighted by Crippen LogP contribution is -1.94. The van der Waals surface area contributed by atoms with Gasteiger partial charge in [-0.3, -0.25) is 10.1 Å². The Morgan fingerprint density at radius 3 is 2.77 bits per heavy atom. The maximum absolute atomic E-state index is 10.5. The second-order valence-corrected chi connectivity index (χ2v) is 3.60. The van der Waals surface area contributed by atoms with Crippen LogP contribution in [-0.4, -0.2) is 10.3 Å². The fourth-order valence-electron chi connectivity index (χ4n) is 1.14. The summed E-state index contributed by atoms with van der Waals surface area (Å²) >= 11 is 3.31. The van der Waals surface area contributed by atoms with Gasteiger partial charge in [-0.1, -0.05) is 22.0 Å². The molecule has 0 fully saturated rings. The minimum absolute atomic E-state index is 0.168. The van der Waals surface area contributed by atoms with E-state index in [1.54, 1.807) is 12.1 Å². The zero-order chi connectivity index (χ0) is 9.84. The zero-order valence-electron chi connectivity index (χ0n) is 7.29. The largest absolute Gasteiger partial charge is 0.269 e. The Labute approximate surface area is 85.0 Å². The van der Waals surface area contributed by atoms with Crippen molar-refractivity contribution in [3.05, 3.63) is 39.4 Å². The molecule has 0 aromatic heterocycles. The molecule has 0 aliphatic heterocycles. The van der Waals surface area contributed by atoms with Gasteiger partial charge in [0.2, 0.25) is 0 Å². The molecule has 1 aromatic carbocycles. The van der Waals surface area contributed by atoms with Crippen LogP contribution in [0.3, 0.4) is 0 Å². The third-order valence-electron chi connectivity index (χ3n) is 1.91. The lowest BCUT2D eigenvalue weighted by Gasteiger charge is -2.02. The van der Waals surface area contributed by atoms with Crippen molar-refractivity contribution < 1.29 is 4.92 Å². The van der Waals surface area contributed by atoms with Crippen molar-refractivity contribution >= 4 is 21.6 Å². The summed E-state index contributed by atoms with van der Waals surface area (Å²) in [5, 5.41) is 11.3. The highest BCUT2D eigenvalue weighted by molar-refractivity contribution is 9.09. The number of aryl methyl sites for hydroxylation is 2. The number of hydrogen-bond donors (Lipinski definition) is 0. The molecule has 0 saturated heterocycles. The van der Waals surface area contributed by atoms with Gasteiger partial charge in [0.1, 0.15) is 0 Å². The third kappa shape index (κ3) is 2.52. The molecule has 0 amide bonds. The lowest BCUT2D eigenvalue weighted by atomic mass is 10.1. The Bertz CT molecular complexity index is 325. The highest BCUT2D eigenvalue weighted by atomic mass is 79.9. The summed E-state index contributed by atoms with van der Waals surface area (Å²) in [7, 11) is 0. The summed E-state index contributed by atoms with van der Waals surface area (Å²) in [6, 6.07) is 4.96. The van der Waals surface area contributed by atoms with Crippen LogP contribution in [-0.2, 0) is 6.42 Å². The number of non-ortho nitro benzene ring substituents is 1. The van der Waals surface area contributed by atoms with Crippen LogP contribution in [0.1, 0.15) is 11.1 Å². The zero-order valence-corrected chi connectivity index (χ0v) is 8.87. The van der Waals surface area contributed by atoms with Gasteiger partial charge in [0.25, 0.3) is 5.69 Å². The average molecular weight is 244 g/mol. The van der Waals surface area contributed by atoms with Crippen LogP contribution in [0, 0.1) is 17.0 Å². The summed E-state index contributed by atoms with van der Waals surface area (Å²) in [5.41, 5.74) is 2.30. The van der Waals surface area contributed by atoms with Crippen LogP contribution in [0.5, 0.6) is 0 Å². The van der Waals surface area contributed by atoms with Crippen molar-refractivity contribution in [1.29, 1.82) is 0 Å². The average Bonchev–Trinajstić information content (AvgIpc) is 2.08. The quantitative estimate of drug-likeness (QED) is 0.466. The van der Waals surface area contributed by atoms with Gasteiger partial charge in [-0.25, -0.2) is 0 Å². The first-order valence-electron chi connectivity index (χ1n) is 3.95. The van der Waals surface area contributed by atoms with Crippen LogP contribution >= 0.6 is 15.9 Å². The molecule has 0 spiro atoms. The van der Waals surface area contributed by atoms with E-state index in [0.717, 1.165) is 22.9 Å². The van der Waals surface area contributed by atoms with Crippen LogP contribution < -0.4 is 0 Å². The van der Waals surface area contributed by atoms with E-state index in [1.165, 1.54) is 6.07 Å². The molecule has 0 atom stereocenters. The van der Waals surface area contributed by atoms with Crippen molar-refractivity contribution in [2.75, 3.05) is 5.33 Å². The van der Waals surface area contributed by atoms with Gasteiger partial charge in [0.05, 0.1) is 4.92 Å². The molecule has 0 radical (unpaired) electrons. The van der Waals surface area contributed by atoms with E-state index in [4.69, 9.17) is 0 Å². The number of rotatable bonds is 3. The van der Waals surface area contributed by atoms with E-state index < -0.39 is 0 Å². The molecular weight excluding hydrogens is 234 g/mol. The van der Waals surface area contributed by atoms with Gasteiger partial charge in [0.15, 0.2) is 0 Å². The molecule has 0 heterocycles. The minimum atomic E-state index is -0.364. The second-order valence-electron chi connectivity index (χ2n) is 2.81. The first-order chi connectivity index (χ1) is 6.15. The highest BCUT2D eigenvalue weighted by Crippen LogP contribution is 2.18. The number of nitrogens with zero attached hydrogens (tertiary/aromatic N) is 1. The summed E-state index contributed by atoms with van der Waals surface area (Å²) in [4.78, 5) is 10.1. The molecule has 13 heavy (non-hydrogen) atoms. The highest BCUT2D eigenvalue weighted by Gasteiger charge is 2.07. The van der Waals surface area contributed by atoms with E-state index in [1.807, 2.05) is 6.92 Å². The Balaban J connectivity index is 3.03.